The Morgan fingerprint density at radius 2 is 1.49 bits per heavy atom. The van der Waals surface area contributed by atoms with Crippen LogP contribution in [0, 0.1) is 0 Å². The van der Waals surface area contributed by atoms with Gasteiger partial charge < -0.3 is 16.0 Å². The molecule has 184 valence electrons. The van der Waals surface area contributed by atoms with Gasteiger partial charge in [-0.2, -0.15) is 0 Å². The van der Waals surface area contributed by atoms with Gasteiger partial charge in [0, 0.05) is 58.0 Å². The van der Waals surface area contributed by atoms with Crippen molar-refractivity contribution in [1.82, 2.24) is 9.97 Å². The smallest absolute Gasteiger partial charge is 0.255 e. The highest BCUT2D eigenvalue weighted by molar-refractivity contribution is 7.71. The molecule has 0 aliphatic heterocycles. The van der Waals surface area contributed by atoms with E-state index in [0.29, 0.717) is 22.5 Å². The van der Waals surface area contributed by atoms with Crippen LogP contribution in [0.25, 0.3) is 10.9 Å². The Bertz CT molecular complexity index is 1650. The fourth-order valence-electron chi connectivity index (χ4n) is 3.92. The first-order valence-corrected chi connectivity index (χ1v) is 12.8. The zero-order valence-corrected chi connectivity index (χ0v) is 20.5. The third-order valence-electron chi connectivity index (χ3n) is 5.61. The number of amides is 1. The summed E-state index contributed by atoms with van der Waals surface area (Å²) in [5, 5.41) is 10.4. The van der Waals surface area contributed by atoms with Gasteiger partial charge in [-0.3, -0.25) is 14.8 Å². The molecule has 0 aliphatic rings. The SMILES string of the molecule is O=C(Nc1cccc(Nc2ccncc2)c1)c1cccc(Nc2ccnc3ccc(C[SH](=O)=O)cc23)c1. The summed E-state index contributed by atoms with van der Waals surface area (Å²) >= 11 is 0. The van der Waals surface area contributed by atoms with Crippen molar-refractivity contribution < 1.29 is 13.2 Å². The predicted molar refractivity (Wildman–Crippen MR) is 147 cm³/mol. The van der Waals surface area contributed by atoms with E-state index in [2.05, 4.69) is 25.9 Å². The molecule has 2 aromatic heterocycles. The highest BCUT2D eigenvalue weighted by Crippen LogP contribution is 2.27. The predicted octanol–water partition coefficient (Wildman–Crippen LogP) is 5.48. The van der Waals surface area contributed by atoms with E-state index in [-0.39, 0.29) is 11.7 Å². The van der Waals surface area contributed by atoms with Gasteiger partial charge in [0.1, 0.15) is 10.7 Å². The number of rotatable bonds is 8. The van der Waals surface area contributed by atoms with Gasteiger partial charge in [-0.05, 0) is 72.3 Å². The first kappa shape index (κ1) is 24.0. The minimum absolute atomic E-state index is 0.0332. The quantitative estimate of drug-likeness (QED) is 0.205. The van der Waals surface area contributed by atoms with Crippen LogP contribution in [0.4, 0.5) is 28.4 Å². The van der Waals surface area contributed by atoms with Crippen LogP contribution in [0.2, 0.25) is 0 Å². The Kier molecular flexibility index (Phi) is 7.05. The average Bonchev–Trinajstić information content (AvgIpc) is 2.90. The van der Waals surface area contributed by atoms with Crippen molar-refractivity contribution in [3.8, 4) is 0 Å². The second-order valence-electron chi connectivity index (χ2n) is 8.30. The van der Waals surface area contributed by atoms with Crippen LogP contribution in [-0.2, 0) is 16.5 Å². The van der Waals surface area contributed by atoms with Gasteiger partial charge >= 0.3 is 0 Å². The molecule has 9 heteroatoms. The summed E-state index contributed by atoms with van der Waals surface area (Å²) in [4.78, 5) is 21.4. The molecule has 0 bridgehead atoms. The molecule has 0 unspecified atom stereocenters. The van der Waals surface area contributed by atoms with Crippen molar-refractivity contribution in [3.05, 3.63) is 115 Å². The third-order valence-corrected chi connectivity index (χ3v) is 6.23. The Balaban J connectivity index is 1.33. The van der Waals surface area contributed by atoms with Crippen LogP contribution < -0.4 is 16.0 Å². The van der Waals surface area contributed by atoms with Crippen LogP contribution in [0.1, 0.15) is 15.9 Å². The number of benzene rings is 3. The number of hydrogen-bond donors (Lipinski definition) is 4. The molecule has 0 atom stereocenters. The third kappa shape index (κ3) is 6.09. The average molecular weight is 510 g/mol. The van der Waals surface area contributed by atoms with Crippen molar-refractivity contribution in [1.29, 1.82) is 0 Å². The standard InChI is InChI=1S/C28H23N5O3S/c34-28(33-24-6-2-5-23(17-24)31-21-9-12-29-13-10-21)20-3-1-4-22(16-20)32-27-11-14-30-26-8-7-19(15-25(26)27)18-37(35)36/h1-17,37H,18H2,(H,29,31)(H,30,32)(H,33,34). The molecular formula is C28H23N5O3S. The number of anilines is 5. The van der Waals surface area contributed by atoms with Crippen molar-refractivity contribution in [2.45, 2.75) is 5.75 Å². The minimum Gasteiger partial charge on any atom is -0.355 e. The number of carbonyl (C=O) groups excluding carboxylic acids is 1. The largest absolute Gasteiger partial charge is 0.355 e. The van der Waals surface area contributed by atoms with Crippen LogP contribution >= 0.6 is 0 Å². The molecule has 5 aromatic rings. The first-order valence-electron chi connectivity index (χ1n) is 11.5. The number of nitrogens with one attached hydrogen (secondary N) is 3. The van der Waals surface area contributed by atoms with E-state index in [1.54, 1.807) is 48.9 Å². The number of aromatic nitrogens is 2. The molecular weight excluding hydrogens is 486 g/mol. The lowest BCUT2D eigenvalue weighted by molar-refractivity contribution is 0.102. The molecule has 37 heavy (non-hydrogen) atoms. The Labute approximate surface area is 215 Å². The van der Waals surface area contributed by atoms with E-state index >= 15 is 0 Å². The molecule has 8 nitrogen and oxygen atoms in total. The summed E-state index contributed by atoms with van der Waals surface area (Å²) in [6, 6.07) is 25.6. The summed E-state index contributed by atoms with van der Waals surface area (Å²) in [5.74, 6) is -0.278. The van der Waals surface area contributed by atoms with E-state index < -0.39 is 10.7 Å². The van der Waals surface area contributed by atoms with Crippen LogP contribution in [0.5, 0.6) is 0 Å². The monoisotopic (exact) mass is 509 g/mol. The van der Waals surface area contributed by atoms with E-state index in [1.165, 1.54) is 0 Å². The van der Waals surface area contributed by atoms with Crippen molar-refractivity contribution in [2.75, 3.05) is 16.0 Å². The Hall–Kier alpha value is -4.76. The van der Waals surface area contributed by atoms with Crippen molar-refractivity contribution >= 4 is 56.0 Å². The molecule has 5 rings (SSSR count). The van der Waals surface area contributed by atoms with E-state index in [0.717, 1.165) is 28.0 Å². The number of hydrogen-bond acceptors (Lipinski definition) is 7. The number of thiol groups is 1. The van der Waals surface area contributed by atoms with E-state index in [4.69, 9.17) is 0 Å². The molecule has 0 fully saturated rings. The first-order chi connectivity index (χ1) is 18.0. The maximum Gasteiger partial charge on any atom is 0.255 e. The normalized spacial score (nSPS) is 10.8. The van der Waals surface area contributed by atoms with Crippen LogP contribution in [0.15, 0.2) is 104 Å². The second kappa shape index (κ2) is 10.9. The summed E-state index contributed by atoms with van der Waals surface area (Å²) in [6.45, 7) is 0. The number of carbonyl (C=O) groups is 1. The molecule has 0 saturated heterocycles. The highest BCUT2D eigenvalue weighted by Gasteiger charge is 2.10. The lowest BCUT2D eigenvalue weighted by atomic mass is 10.1. The van der Waals surface area contributed by atoms with Crippen molar-refractivity contribution in [3.63, 3.8) is 0 Å². The van der Waals surface area contributed by atoms with Gasteiger partial charge in [-0.1, -0.05) is 18.2 Å². The second-order valence-corrected chi connectivity index (χ2v) is 9.28. The number of nitrogens with zero attached hydrogens (tertiary/aromatic N) is 2. The summed E-state index contributed by atoms with van der Waals surface area (Å²) in [5.41, 5.74) is 5.79. The fraction of sp³-hybridized carbons (Fsp3) is 0.0357. The van der Waals surface area contributed by atoms with Gasteiger partial charge in [0.25, 0.3) is 5.91 Å². The van der Waals surface area contributed by atoms with Crippen LogP contribution in [-0.4, -0.2) is 24.3 Å². The maximum absolute atomic E-state index is 13.0. The zero-order chi connectivity index (χ0) is 25.6. The lowest BCUT2D eigenvalue weighted by Gasteiger charge is -2.12. The molecule has 2 heterocycles. The van der Waals surface area contributed by atoms with Gasteiger partial charge in [-0.15, -0.1) is 0 Å². The molecule has 0 aliphatic carbocycles. The number of pyridine rings is 2. The van der Waals surface area contributed by atoms with Gasteiger partial charge in [0.2, 0.25) is 0 Å². The topological polar surface area (TPSA) is 113 Å². The van der Waals surface area contributed by atoms with Gasteiger partial charge in [0.15, 0.2) is 0 Å². The fourth-order valence-corrected chi connectivity index (χ4v) is 4.42. The molecule has 0 saturated carbocycles. The summed E-state index contributed by atoms with van der Waals surface area (Å²) in [7, 11) is -2.53. The van der Waals surface area contributed by atoms with Gasteiger partial charge in [-0.25, -0.2) is 8.42 Å². The number of fused-ring (bicyclic) bond motifs is 1. The van der Waals surface area contributed by atoms with Crippen LogP contribution in [0.3, 0.4) is 0 Å². The zero-order valence-electron chi connectivity index (χ0n) is 19.6. The summed E-state index contributed by atoms with van der Waals surface area (Å²) in [6.07, 6.45) is 5.09. The minimum atomic E-state index is -2.53. The molecule has 3 aromatic carbocycles. The highest BCUT2D eigenvalue weighted by atomic mass is 32.2. The van der Waals surface area contributed by atoms with E-state index in [9.17, 15) is 13.2 Å². The molecule has 1 amide bonds. The molecule has 3 N–H and O–H groups in total. The van der Waals surface area contributed by atoms with E-state index in [1.807, 2.05) is 54.6 Å². The van der Waals surface area contributed by atoms with Crippen molar-refractivity contribution in [2.24, 2.45) is 0 Å². The Morgan fingerprint density at radius 3 is 2.30 bits per heavy atom. The molecule has 0 radical (unpaired) electrons. The maximum atomic E-state index is 13.0. The molecule has 0 spiro atoms. The van der Waals surface area contributed by atoms with Gasteiger partial charge in [0.05, 0.1) is 11.3 Å². The summed E-state index contributed by atoms with van der Waals surface area (Å²) < 4.78 is 22.4. The Morgan fingerprint density at radius 1 is 0.730 bits per heavy atom. The lowest BCUT2D eigenvalue weighted by Crippen LogP contribution is -2.12.